The fourth-order valence-electron chi connectivity index (χ4n) is 6.01. The Labute approximate surface area is 207 Å². The second kappa shape index (κ2) is 9.21. The summed E-state index contributed by atoms with van der Waals surface area (Å²) >= 11 is 0. The normalized spacial score (nSPS) is 28.5. The molecule has 9 heteroatoms. The highest BCUT2D eigenvalue weighted by Gasteiger charge is 2.53. The van der Waals surface area contributed by atoms with E-state index in [4.69, 9.17) is 9.47 Å². The van der Waals surface area contributed by atoms with Crippen LogP contribution in [0.4, 0.5) is 8.78 Å². The second-order valence-electron chi connectivity index (χ2n) is 10.3. The quantitative estimate of drug-likeness (QED) is 0.517. The number of benzene rings is 2. The first-order valence-corrected chi connectivity index (χ1v) is 12.6. The van der Waals surface area contributed by atoms with Gasteiger partial charge in [-0.1, -0.05) is 0 Å². The molecule has 1 aliphatic carbocycles. The molecule has 1 aromatic heterocycles. The first-order valence-electron chi connectivity index (χ1n) is 12.6. The predicted molar refractivity (Wildman–Crippen MR) is 128 cm³/mol. The molecule has 0 amide bonds. The van der Waals surface area contributed by atoms with E-state index in [0.717, 1.165) is 48.9 Å². The maximum Gasteiger partial charge on any atom is 0.176 e. The van der Waals surface area contributed by atoms with Gasteiger partial charge in [-0.3, -0.25) is 9.69 Å². The molecule has 36 heavy (non-hydrogen) atoms. The number of aromatic nitrogens is 2. The van der Waals surface area contributed by atoms with Crippen molar-refractivity contribution >= 4 is 16.7 Å². The number of ketones is 1. The summed E-state index contributed by atoms with van der Waals surface area (Å²) in [6.45, 7) is 1.87. The van der Waals surface area contributed by atoms with Crippen molar-refractivity contribution in [3.8, 4) is 5.75 Å². The molecule has 0 radical (unpaired) electrons. The SMILES string of the molecule is O=C(CN1C[C@@H]2C[C@@H](Oc3ccc(F)cc3F)C[C@]2(O)C1)c1ccc2c(cnn2C2CCCCO2)c1. The molecule has 0 spiro atoms. The second-order valence-corrected chi connectivity index (χ2v) is 10.3. The van der Waals surface area contributed by atoms with Crippen LogP contribution in [0.2, 0.25) is 0 Å². The predicted octanol–water partition coefficient (Wildman–Crippen LogP) is 4.10. The molecular formula is C27H29F2N3O4. The van der Waals surface area contributed by atoms with Crippen LogP contribution >= 0.6 is 0 Å². The summed E-state index contributed by atoms with van der Waals surface area (Å²) in [5.41, 5.74) is 0.572. The van der Waals surface area contributed by atoms with Crippen LogP contribution in [0.3, 0.4) is 0 Å². The van der Waals surface area contributed by atoms with Gasteiger partial charge >= 0.3 is 0 Å². The molecule has 190 valence electrons. The average molecular weight is 498 g/mol. The lowest BCUT2D eigenvalue weighted by Gasteiger charge is -2.23. The van der Waals surface area contributed by atoms with Crippen LogP contribution in [0, 0.1) is 17.6 Å². The summed E-state index contributed by atoms with van der Waals surface area (Å²) in [6.07, 6.45) is 5.36. The van der Waals surface area contributed by atoms with E-state index in [1.54, 1.807) is 6.20 Å². The summed E-state index contributed by atoms with van der Waals surface area (Å²) in [4.78, 5) is 15.1. The highest BCUT2D eigenvalue weighted by Crippen LogP contribution is 2.43. The largest absolute Gasteiger partial charge is 0.487 e. The lowest BCUT2D eigenvalue weighted by molar-refractivity contribution is -0.0366. The van der Waals surface area contributed by atoms with E-state index in [1.807, 2.05) is 27.8 Å². The standard InChI is InChI=1S/C27H29F2N3O4/c28-20-5-7-25(22(29)11-20)36-21-10-19-14-31(16-27(19,34)12-21)15-24(33)17-4-6-23-18(9-17)13-30-32(23)26-3-1-2-8-35-26/h4-7,9,11,13,19,21,26,34H,1-3,8,10,12,14-16H2/t19-,21+,26?,27-/m0/s1. The van der Waals surface area contributed by atoms with Gasteiger partial charge in [-0.15, -0.1) is 0 Å². The van der Waals surface area contributed by atoms with Crippen LogP contribution in [0.15, 0.2) is 42.6 Å². The third-order valence-electron chi connectivity index (χ3n) is 7.77. The van der Waals surface area contributed by atoms with Crippen LogP contribution in [0.25, 0.3) is 10.9 Å². The molecule has 1 N–H and O–H groups in total. The minimum absolute atomic E-state index is 0.00855. The van der Waals surface area contributed by atoms with Crippen LogP contribution < -0.4 is 4.74 Å². The summed E-state index contributed by atoms with van der Waals surface area (Å²) in [7, 11) is 0. The maximum atomic E-state index is 14.0. The smallest absolute Gasteiger partial charge is 0.176 e. The van der Waals surface area contributed by atoms with Gasteiger partial charge < -0.3 is 14.6 Å². The zero-order chi connectivity index (χ0) is 24.9. The topological polar surface area (TPSA) is 76.8 Å². The number of β-amino-alcohol motifs (C(OH)–C–C–N with tert-alkyl or cyclic N) is 1. The Hall–Kier alpha value is -2.88. The molecule has 3 fully saturated rings. The van der Waals surface area contributed by atoms with Gasteiger partial charge in [-0.2, -0.15) is 5.10 Å². The Morgan fingerprint density at radius 3 is 2.89 bits per heavy atom. The summed E-state index contributed by atoms with van der Waals surface area (Å²) in [5, 5.41) is 16.6. The molecule has 2 aromatic carbocycles. The van der Waals surface area contributed by atoms with Crippen molar-refractivity contribution in [2.75, 3.05) is 26.2 Å². The van der Waals surface area contributed by atoms with Gasteiger partial charge in [0.25, 0.3) is 0 Å². The summed E-state index contributed by atoms with van der Waals surface area (Å²) in [5.74, 6) is -1.50. The van der Waals surface area contributed by atoms with Gasteiger partial charge in [0, 0.05) is 49.1 Å². The average Bonchev–Trinajstić information content (AvgIpc) is 3.50. The van der Waals surface area contributed by atoms with Crippen molar-refractivity contribution in [1.82, 2.24) is 14.7 Å². The third kappa shape index (κ3) is 4.40. The Morgan fingerprint density at radius 2 is 2.11 bits per heavy atom. The number of carbonyl (C=O) groups excluding carboxylic acids is 1. The summed E-state index contributed by atoms with van der Waals surface area (Å²) < 4.78 is 40.6. The van der Waals surface area contributed by atoms with Gasteiger partial charge in [-0.05, 0) is 56.0 Å². The number of Topliss-reactive ketones (excluding diaryl/α,β-unsaturated/α-hetero) is 1. The number of aliphatic hydroxyl groups is 1. The Morgan fingerprint density at radius 1 is 1.22 bits per heavy atom. The number of fused-ring (bicyclic) bond motifs is 2. The monoisotopic (exact) mass is 497 g/mol. The van der Waals surface area contributed by atoms with Crippen molar-refractivity contribution in [3.05, 3.63) is 59.8 Å². The van der Waals surface area contributed by atoms with E-state index in [2.05, 4.69) is 5.10 Å². The van der Waals surface area contributed by atoms with E-state index in [1.165, 1.54) is 6.07 Å². The molecule has 3 aromatic rings. The van der Waals surface area contributed by atoms with Crippen molar-refractivity contribution in [2.24, 2.45) is 5.92 Å². The number of halogens is 2. The van der Waals surface area contributed by atoms with Gasteiger partial charge in [0.05, 0.1) is 23.9 Å². The number of carbonyl (C=O) groups is 1. The lowest BCUT2D eigenvalue weighted by Crippen LogP contribution is -2.37. The fraction of sp³-hybridized carbons (Fsp3) is 0.481. The number of rotatable bonds is 6. The van der Waals surface area contributed by atoms with E-state index in [0.29, 0.717) is 31.5 Å². The first kappa shape index (κ1) is 23.5. The Kier molecular flexibility index (Phi) is 6.02. The number of nitrogens with zero attached hydrogens (tertiary/aromatic N) is 3. The molecule has 2 aliphatic heterocycles. The van der Waals surface area contributed by atoms with Gasteiger partial charge in [0.15, 0.2) is 23.6 Å². The lowest BCUT2D eigenvalue weighted by atomic mass is 9.95. The Balaban J connectivity index is 1.08. The molecular weight excluding hydrogens is 468 g/mol. The molecule has 0 bridgehead atoms. The third-order valence-corrected chi connectivity index (χ3v) is 7.77. The Bertz CT molecular complexity index is 1290. The molecule has 2 saturated heterocycles. The van der Waals surface area contributed by atoms with Crippen LogP contribution in [0.5, 0.6) is 5.75 Å². The molecule has 7 nitrogen and oxygen atoms in total. The number of hydrogen-bond donors (Lipinski definition) is 1. The van der Waals surface area contributed by atoms with E-state index in [-0.39, 0.29) is 36.3 Å². The van der Waals surface area contributed by atoms with Crippen LogP contribution in [0.1, 0.15) is 48.7 Å². The molecule has 3 aliphatic rings. The van der Waals surface area contributed by atoms with E-state index < -0.39 is 17.2 Å². The highest BCUT2D eigenvalue weighted by molar-refractivity contribution is 6.00. The minimum atomic E-state index is -0.994. The van der Waals surface area contributed by atoms with Crippen molar-refractivity contribution in [3.63, 3.8) is 0 Å². The van der Waals surface area contributed by atoms with Crippen LogP contribution in [-0.2, 0) is 4.74 Å². The number of likely N-dealkylation sites (tertiary alicyclic amines) is 1. The van der Waals surface area contributed by atoms with Crippen molar-refractivity contribution in [2.45, 2.75) is 50.0 Å². The zero-order valence-electron chi connectivity index (χ0n) is 19.9. The van der Waals surface area contributed by atoms with Gasteiger partial charge in [0.2, 0.25) is 0 Å². The molecule has 3 heterocycles. The minimum Gasteiger partial charge on any atom is -0.487 e. The summed E-state index contributed by atoms with van der Waals surface area (Å²) in [6, 6.07) is 8.85. The van der Waals surface area contributed by atoms with E-state index in [9.17, 15) is 18.7 Å². The van der Waals surface area contributed by atoms with Crippen molar-refractivity contribution < 1.29 is 28.2 Å². The zero-order valence-corrected chi connectivity index (χ0v) is 19.9. The molecule has 4 atom stereocenters. The highest BCUT2D eigenvalue weighted by atomic mass is 19.1. The first-order chi connectivity index (χ1) is 17.4. The number of hydrogen-bond acceptors (Lipinski definition) is 6. The van der Waals surface area contributed by atoms with E-state index >= 15 is 0 Å². The molecule has 1 saturated carbocycles. The van der Waals surface area contributed by atoms with Gasteiger partial charge in [-0.25, -0.2) is 13.5 Å². The molecule has 1 unspecified atom stereocenters. The van der Waals surface area contributed by atoms with Gasteiger partial charge in [0.1, 0.15) is 11.9 Å². The van der Waals surface area contributed by atoms with Crippen LogP contribution in [-0.4, -0.2) is 63.5 Å². The fourth-order valence-corrected chi connectivity index (χ4v) is 6.01. The molecule has 6 rings (SSSR count). The number of ether oxygens (including phenoxy) is 2. The maximum absolute atomic E-state index is 14.0. The van der Waals surface area contributed by atoms with Crippen molar-refractivity contribution in [1.29, 1.82) is 0 Å².